The van der Waals surface area contributed by atoms with Gasteiger partial charge in [0.1, 0.15) is 0 Å². The van der Waals surface area contributed by atoms with Crippen molar-refractivity contribution in [3.05, 3.63) is 64.1 Å². The van der Waals surface area contributed by atoms with Gasteiger partial charge in [0.25, 0.3) is 5.91 Å². The van der Waals surface area contributed by atoms with Gasteiger partial charge < -0.3 is 19.7 Å². The van der Waals surface area contributed by atoms with Crippen molar-refractivity contribution in [2.24, 2.45) is 0 Å². The summed E-state index contributed by atoms with van der Waals surface area (Å²) in [7, 11) is 1.76. The van der Waals surface area contributed by atoms with Gasteiger partial charge in [-0.15, -0.1) is 0 Å². The smallest absolute Gasteiger partial charge is 0.255 e. The third-order valence-electron chi connectivity index (χ3n) is 5.54. The summed E-state index contributed by atoms with van der Waals surface area (Å²) >= 11 is 0. The summed E-state index contributed by atoms with van der Waals surface area (Å²) in [5, 5.41) is 12.6. The van der Waals surface area contributed by atoms with Crippen molar-refractivity contribution in [2.75, 3.05) is 25.5 Å². The zero-order valence-electron chi connectivity index (χ0n) is 17.9. The Hall–Kier alpha value is -2.86. The molecule has 1 aromatic carbocycles. The largest absolute Gasteiger partial charge is 0.396 e. The number of aliphatic hydroxyl groups excluding tert-OH is 1. The van der Waals surface area contributed by atoms with Crippen LogP contribution in [-0.4, -0.2) is 45.5 Å². The van der Waals surface area contributed by atoms with Gasteiger partial charge in [0.05, 0.1) is 16.9 Å². The highest BCUT2D eigenvalue weighted by Crippen LogP contribution is 2.24. The number of amides is 1. The normalized spacial score (nSPS) is 11.1. The maximum atomic E-state index is 12.9. The standard InChI is InChI=1S/C23H30N4O2/c1-15-8-6-9-16(2)20(15)13-24-21-12-19(23(29)26(5)10-7-11-28)14-27-18(4)17(3)25-22(21)27/h6,8-9,12,14,24,28H,7,10-11,13H2,1-5H3. The number of hydrogen-bond donors (Lipinski definition) is 2. The molecule has 3 rings (SSSR count). The Morgan fingerprint density at radius 3 is 2.55 bits per heavy atom. The summed E-state index contributed by atoms with van der Waals surface area (Å²) in [5.74, 6) is -0.0683. The van der Waals surface area contributed by atoms with E-state index in [1.807, 2.05) is 30.5 Å². The highest BCUT2D eigenvalue weighted by Gasteiger charge is 2.17. The second-order valence-corrected chi connectivity index (χ2v) is 7.65. The number of aryl methyl sites for hydroxylation is 4. The Morgan fingerprint density at radius 2 is 1.90 bits per heavy atom. The Balaban J connectivity index is 1.99. The first kappa shape index (κ1) is 20.9. The van der Waals surface area contributed by atoms with Gasteiger partial charge in [-0.1, -0.05) is 18.2 Å². The van der Waals surface area contributed by atoms with E-state index in [1.54, 1.807) is 11.9 Å². The summed E-state index contributed by atoms with van der Waals surface area (Å²) in [6.45, 7) is 9.45. The molecular formula is C23H30N4O2. The number of nitrogens with one attached hydrogen (secondary N) is 1. The molecule has 0 radical (unpaired) electrons. The Morgan fingerprint density at radius 1 is 1.21 bits per heavy atom. The molecule has 0 aliphatic heterocycles. The van der Waals surface area contributed by atoms with Crippen LogP contribution in [0.1, 0.15) is 44.9 Å². The van der Waals surface area contributed by atoms with Gasteiger partial charge in [0, 0.05) is 38.6 Å². The number of pyridine rings is 1. The number of carbonyl (C=O) groups is 1. The Kier molecular flexibility index (Phi) is 6.23. The lowest BCUT2D eigenvalue weighted by molar-refractivity contribution is 0.0786. The molecule has 1 amide bonds. The van der Waals surface area contributed by atoms with E-state index in [9.17, 15) is 4.79 Å². The predicted molar refractivity (Wildman–Crippen MR) is 117 cm³/mol. The molecule has 2 aromatic heterocycles. The molecule has 0 saturated heterocycles. The van der Waals surface area contributed by atoms with E-state index in [4.69, 9.17) is 10.1 Å². The van der Waals surface area contributed by atoms with E-state index < -0.39 is 0 Å². The third kappa shape index (κ3) is 4.27. The monoisotopic (exact) mass is 394 g/mol. The number of hydrogen-bond acceptors (Lipinski definition) is 4. The van der Waals surface area contributed by atoms with Crippen LogP contribution in [0.3, 0.4) is 0 Å². The average Bonchev–Trinajstić information content (AvgIpc) is 2.99. The lowest BCUT2D eigenvalue weighted by Gasteiger charge is -2.18. The Labute approximate surface area is 172 Å². The molecule has 29 heavy (non-hydrogen) atoms. The molecular weight excluding hydrogens is 364 g/mol. The SMILES string of the molecule is Cc1cccc(C)c1CNc1cc(C(=O)N(C)CCCO)cn2c(C)c(C)nc12. The molecule has 0 aliphatic carbocycles. The lowest BCUT2D eigenvalue weighted by atomic mass is 10.0. The first-order chi connectivity index (χ1) is 13.8. The molecule has 0 spiro atoms. The van der Waals surface area contributed by atoms with Gasteiger partial charge in [0.2, 0.25) is 0 Å². The highest BCUT2D eigenvalue weighted by molar-refractivity contribution is 5.96. The van der Waals surface area contributed by atoms with E-state index in [1.165, 1.54) is 16.7 Å². The van der Waals surface area contributed by atoms with E-state index >= 15 is 0 Å². The van der Waals surface area contributed by atoms with Crippen LogP contribution >= 0.6 is 0 Å². The van der Waals surface area contributed by atoms with Gasteiger partial charge in [-0.05, 0) is 56.9 Å². The molecule has 0 fully saturated rings. The summed E-state index contributed by atoms with van der Waals surface area (Å²) in [4.78, 5) is 19.3. The van der Waals surface area contributed by atoms with Crippen molar-refractivity contribution >= 4 is 17.2 Å². The van der Waals surface area contributed by atoms with Crippen LogP contribution in [0.25, 0.3) is 5.65 Å². The molecule has 0 unspecified atom stereocenters. The molecule has 3 aromatic rings. The van der Waals surface area contributed by atoms with Gasteiger partial charge in [-0.2, -0.15) is 0 Å². The minimum atomic E-state index is -0.0683. The summed E-state index contributed by atoms with van der Waals surface area (Å²) in [6.07, 6.45) is 2.41. The second kappa shape index (κ2) is 8.66. The number of aromatic nitrogens is 2. The van der Waals surface area contributed by atoms with Crippen LogP contribution in [0.5, 0.6) is 0 Å². The number of anilines is 1. The minimum absolute atomic E-state index is 0.0683. The van der Waals surface area contributed by atoms with Crippen molar-refractivity contribution in [1.29, 1.82) is 0 Å². The molecule has 0 atom stereocenters. The first-order valence-corrected chi connectivity index (χ1v) is 9.98. The molecule has 6 nitrogen and oxygen atoms in total. The third-order valence-corrected chi connectivity index (χ3v) is 5.54. The van der Waals surface area contributed by atoms with E-state index in [2.05, 4.69) is 37.4 Å². The maximum absolute atomic E-state index is 12.9. The predicted octanol–water partition coefficient (Wildman–Crippen LogP) is 3.63. The van der Waals surface area contributed by atoms with Crippen molar-refractivity contribution in [3.8, 4) is 0 Å². The molecule has 0 bridgehead atoms. The summed E-state index contributed by atoms with van der Waals surface area (Å²) in [6, 6.07) is 8.17. The minimum Gasteiger partial charge on any atom is -0.396 e. The molecule has 0 saturated carbocycles. The maximum Gasteiger partial charge on any atom is 0.255 e. The van der Waals surface area contributed by atoms with Crippen LogP contribution in [0.15, 0.2) is 30.5 Å². The molecule has 154 valence electrons. The second-order valence-electron chi connectivity index (χ2n) is 7.65. The number of benzene rings is 1. The number of imidazole rings is 1. The fourth-order valence-corrected chi connectivity index (χ4v) is 3.56. The van der Waals surface area contributed by atoms with Crippen LogP contribution in [0, 0.1) is 27.7 Å². The highest BCUT2D eigenvalue weighted by atomic mass is 16.3. The molecule has 2 heterocycles. The molecule has 2 N–H and O–H groups in total. The van der Waals surface area contributed by atoms with E-state index in [0.29, 0.717) is 25.1 Å². The fourth-order valence-electron chi connectivity index (χ4n) is 3.56. The lowest BCUT2D eigenvalue weighted by Crippen LogP contribution is -2.28. The van der Waals surface area contributed by atoms with Crippen molar-refractivity contribution in [3.63, 3.8) is 0 Å². The number of rotatable bonds is 7. The quantitative estimate of drug-likeness (QED) is 0.642. The van der Waals surface area contributed by atoms with E-state index in [0.717, 1.165) is 22.7 Å². The average molecular weight is 395 g/mol. The number of carbonyl (C=O) groups excluding carboxylic acids is 1. The van der Waals surface area contributed by atoms with Gasteiger partial charge in [-0.3, -0.25) is 4.79 Å². The molecule has 6 heteroatoms. The number of aliphatic hydroxyl groups is 1. The summed E-state index contributed by atoms with van der Waals surface area (Å²) < 4.78 is 1.98. The zero-order valence-corrected chi connectivity index (χ0v) is 17.9. The van der Waals surface area contributed by atoms with Crippen LogP contribution in [-0.2, 0) is 6.54 Å². The van der Waals surface area contributed by atoms with Crippen LogP contribution in [0.4, 0.5) is 5.69 Å². The Bertz CT molecular complexity index is 1020. The molecule has 0 aliphatic rings. The summed E-state index contributed by atoms with van der Waals surface area (Å²) in [5.41, 5.74) is 7.94. The van der Waals surface area contributed by atoms with Gasteiger partial charge >= 0.3 is 0 Å². The zero-order chi connectivity index (χ0) is 21.1. The van der Waals surface area contributed by atoms with Crippen molar-refractivity contribution in [1.82, 2.24) is 14.3 Å². The first-order valence-electron chi connectivity index (χ1n) is 9.98. The van der Waals surface area contributed by atoms with Crippen LogP contribution in [0.2, 0.25) is 0 Å². The van der Waals surface area contributed by atoms with Crippen molar-refractivity contribution < 1.29 is 9.90 Å². The fraction of sp³-hybridized carbons (Fsp3) is 0.391. The van der Waals surface area contributed by atoms with E-state index in [-0.39, 0.29) is 12.5 Å². The topological polar surface area (TPSA) is 69.9 Å². The number of nitrogens with zero attached hydrogens (tertiary/aromatic N) is 3. The van der Waals surface area contributed by atoms with Crippen LogP contribution < -0.4 is 5.32 Å². The van der Waals surface area contributed by atoms with Gasteiger partial charge in [-0.25, -0.2) is 4.98 Å². The number of fused-ring (bicyclic) bond motifs is 1. The van der Waals surface area contributed by atoms with Crippen molar-refractivity contribution in [2.45, 2.75) is 40.7 Å². The van der Waals surface area contributed by atoms with Gasteiger partial charge in [0.15, 0.2) is 5.65 Å².